The maximum Gasteiger partial charge on any atom is 0.214 e. The number of nitrogens with two attached hydrogens (primary N) is 1. The summed E-state index contributed by atoms with van der Waals surface area (Å²) in [5, 5.41) is -0.0122. The van der Waals surface area contributed by atoms with Gasteiger partial charge in [-0.1, -0.05) is 0 Å². The number of nitrogens with zero attached hydrogens (tertiary/aromatic N) is 1. The smallest absolute Gasteiger partial charge is 0.214 e. The fourth-order valence-electron chi connectivity index (χ4n) is 6.25. The molecule has 0 aromatic rings. The third kappa shape index (κ3) is 9.21. The van der Waals surface area contributed by atoms with Gasteiger partial charge in [-0.2, -0.15) is 0 Å². The van der Waals surface area contributed by atoms with Gasteiger partial charge in [-0.25, -0.2) is 13.1 Å². The minimum atomic E-state index is -3.34. The van der Waals surface area contributed by atoms with Crippen molar-refractivity contribution < 1.29 is 22.6 Å². The first kappa shape index (κ1) is 29.8. The minimum absolute atomic E-state index is 0.145. The summed E-state index contributed by atoms with van der Waals surface area (Å²) in [6.07, 6.45) is 5.27. The lowest BCUT2D eigenvalue weighted by Crippen LogP contribution is -2.53. The molecule has 3 aliphatic rings. The molecule has 206 valence electrons. The maximum absolute atomic E-state index is 12.8. The highest BCUT2D eigenvalue weighted by Crippen LogP contribution is 2.48. The van der Waals surface area contributed by atoms with Crippen LogP contribution in [0.5, 0.6) is 0 Å². The van der Waals surface area contributed by atoms with Crippen molar-refractivity contribution in [2.75, 3.05) is 72.9 Å². The Morgan fingerprint density at radius 1 is 0.857 bits per heavy atom. The van der Waals surface area contributed by atoms with Gasteiger partial charge in [-0.15, -0.1) is 23.2 Å². The summed E-state index contributed by atoms with van der Waals surface area (Å²) in [4.78, 5) is 2.42. The minimum Gasteiger partial charge on any atom is -0.378 e. The predicted molar refractivity (Wildman–Crippen MR) is 141 cm³/mol. The standard InChI is InChI=1S/C24H45Cl2N3O5S/c1-29-16-22(21-14-19(25)15-24(26)23(21)17-29)18-2-4-20(5-3-18)35(30,31)28-7-9-33-11-13-34-12-10-32-8-6-27/h18-24,28H,2-17,27H2,1H3/t18?,19?,20?,21?,22-,23?,24?/m0/s1. The van der Waals surface area contributed by atoms with Crippen molar-refractivity contribution in [1.82, 2.24) is 9.62 Å². The van der Waals surface area contributed by atoms with Crippen LogP contribution in [0, 0.1) is 23.7 Å². The van der Waals surface area contributed by atoms with Crippen LogP contribution in [0.2, 0.25) is 0 Å². The molecule has 8 nitrogen and oxygen atoms in total. The Hall–Kier alpha value is 0.290. The number of nitrogens with one attached hydrogen (secondary N) is 1. The molecule has 1 heterocycles. The number of hydrogen-bond donors (Lipinski definition) is 2. The number of likely N-dealkylation sites (tertiary alicyclic amines) is 1. The molecule has 0 aromatic carbocycles. The van der Waals surface area contributed by atoms with E-state index in [2.05, 4.69) is 16.7 Å². The third-order valence-electron chi connectivity index (χ3n) is 7.94. The molecule has 3 rings (SSSR count). The van der Waals surface area contributed by atoms with Gasteiger partial charge >= 0.3 is 0 Å². The van der Waals surface area contributed by atoms with Crippen LogP contribution in [-0.4, -0.2) is 102 Å². The number of halogens is 2. The van der Waals surface area contributed by atoms with Gasteiger partial charge in [0.15, 0.2) is 0 Å². The summed E-state index contributed by atoms with van der Waals surface area (Å²) in [6, 6.07) is 0. The van der Waals surface area contributed by atoms with Crippen molar-refractivity contribution >= 4 is 33.2 Å². The molecule has 3 N–H and O–H groups in total. The van der Waals surface area contributed by atoms with Crippen LogP contribution in [0.15, 0.2) is 0 Å². The van der Waals surface area contributed by atoms with Gasteiger partial charge in [-0.05, 0) is 69.2 Å². The van der Waals surface area contributed by atoms with Crippen LogP contribution in [0.4, 0.5) is 0 Å². The number of alkyl halides is 2. The molecule has 0 amide bonds. The second-order valence-electron chi connectivity index (χ2n) is 10.4. The molecule has 0 bridgehead atoms. The number of hydrogen-bond acceptors (Lipinski definition) is 7. The number of rotatable bonds is 14. The Balaban J connectivity index is 1.34. The highest BCUT2D eigenvalue weighted by atomic mass is 35.5. The van der Waals surface area contributed by atoms with E-state index in [0.717, 1.165) is 38.8 Å². The average molecular weight is 559 g/mol. The largest absolute Gasteiger partial charge is 0.378 e. The normalized spacial score (nSPS) is 34.6. The lowest BCUT2D eigenvalue weighted by molar-refractivity contribution is 0.0108. The average Bonchev–Trinajstić information content (AvgIpc) is 2.83. The van der Waals surface area contributed by atoms with Gasteiger partial charge in [0.1, 0.15) is 0 Å². The molecule has 0 aromatic heterocycles. The quantitative estimate of drug-likeness (QED) is 0.249. The second kappa shape index (κ2) is 15.0. The Morgan fingerprint density at radius 3 is 2.11 bits per heavy atom. The molecule has 0 spiro atoms. The van der Waals surface area contributed by atoms with Crippen molar-refractivity contribution in [1.29, 1.82) is 0 Å². The molecule has 5 atom stereocenters. The van der Waals surface area contributed by atoms with E-state index >= 15 is 0 Å². The van der Waals surface area contributed by atoms with E-state index < -0.39 is 10.0 Å². The van der Waals surface area contributed by atoms with Crippen LogP contribution in [0.3, 0.4) is 0 Å². The SMILES string of the molecule is CN1CC2C(Cl)CC(Cl)CC2[C@H](C2CCC(S(=O)(=O)NCCOCCOCCOCCN)CC2)C1. The van der Waals surface area contributed by atoms with Gasteiger partial charge in [0.25, 0.3) is 0 Å². The highest BCUT2D eigenvalue weighted by Gasteiger charge is 2.47. The molecule has 35 heavy (non-hydrogen) atoms. The van der Waals surface area contributed by atoms with Crippen molar-refractivity contribution in [3.8, 4) is 0 Å². The predicted octanol–water partition coefficient (Wildman–Crippen LogP) is 2.28. The number of piperidine rings is 1. The Morgan fingerprint density at radius 2 is 1.46 bits per heavy atom. The fraction of sp³-hybridized carbons (Fsp3) is 1.00. The lowest BCUT2D eigenvalue weighted by Gasteiger charge is -2.51. The molecule has 1 saturated heterocycles. The first-order valence-corrected chi connectivity index (χ1v) is 15.6. The van der Waals surface area contributed by atoms with E-state index in [1.54, 1.807) is 0 Å². The lowest BCUT2D eigenvalue weighted by atomic mass is 9.63. The summed E-state index contributed by atoms with van der Waals surface area (Å²) < 4.78 is 44.5. The fourth-order valence-corrected chi connectivity index (χ4v) is 8.72. The summed E-state index contributed by atoms with van der Waals surface area (Å²) in [5.41, 5.74) is 5.34. The highest BCUT2D eigenvalue weighted by molar-refractivity contribution is 7.90. The van der Waals surface area contributed by atoms with Crippen LogP contribution < -0.4 is 10.5 Å². The van der Waals surface area contributed by atoms with E-state index in [1.165, 1.54) is 0 Å². The zero-order chi connectivity index (χ0) is 25.3. The van der Waals surface area contributed by atoms with Crippen molar-refractivity contribution in [3.05, 3.63) is 0 Å². The molecular formula is C24H45Cl2N3O5S. The van der Waals surface area contributed by atoms with Gasteiger partial charge in [-0.3, -0.25) is 0 Å². The second-order valence-corrected chi connectivity index (χ2v) is 13.6. The molecule has 2 aliphatic carbocycles. The van der Waals surface area contributed by atoms with Crippen molar-refractivity contribution in [3.63, 3.8) is 0 Å². The van der Waals surface area contributed by atoms with E-state index in [1.807, 2.05) is 0 Å². The molecule has 0 radical (unpaired) electrons. The molecule has 11 heteroatoms. The van der Waals surface area contributed by atoms with Crippen molar-refractivity contribution in [2.45, 2.75) is 54.5 Å². The molecule has 4 unspecified atom stereocenters. The summed E-state index contributed by atoms with van der Waals surface area (Å²) >= 11 is 13.3. The van der Waals surface area contributed by atoms with Crippen LogP contribution in [-0.2, 0) is 24.2 Å². The molecule has 3 fully saturated rings. The topological polar surface area (TPSA) is 103 Å². The number of sulfonamides is 1. The zero-order valence-corrected chi connectivity index (χ0v) is 23.4. The number of ether oxygens (including phenoxy) is 3. The maximum atomic E-state index is 12.8. The summed E-state index contributed by atoms with van der Waals surface area (Å²) in [7, 11) is -1.15. The number of fused-ring (bicyclic) bond motifs is 1. The van der Waals surface area contributed by atoms with Crippen LogP contribution in [0.25, 0.3) is 0 Å². The molecular weight excluding hydrogens is 513 g/mol. The van der Waals surface area contributed by atoms with Gasteiger partial charge in [0.05, 0.1) is 44.9 Å². The van der Waals surface area contributed by atoms with Gasteiger partial charge < -0.3 is 24.8 Å². The molecule has 2 saturated carbocycles. The zero-order valence-electron chi connectivity index (χ0n) is 21.1. The Bertz CT molecular complexity index is 711. The first-order chi connectivity index (χ1) is 16.8. The van der Waals surface area contributed by atoms with E-state index in [4.69, 9.17) is 43.1 Å². The van der Waals surface area contributed by atoms with Crippen LogP contribution >= 0.6 is 23.2 Å². The molecule has 1 aliphatic heterocycles. The summed E-state index contributed by atoms with van der Waals surface area (Å²) in [5.74, 6) is 2.15. The first-order valence-electron chi connectivity index (χ1n) is 13.2. The Kier molecular flexibility index (Phi) is 12.8. The van der Waals surface area contributed by atoms with Crippen LogP contribution in [0.1, 0.15) is 38.5 Å². The van der Waals surface area contributed by atoms with E-state index in [-0.39, 0.29) is 22.5 Å². The van der Waals surface area contributed by atoms with E-state index in [9.17, 15) is 8.42 Å². The van der Waals surface area contributed by atoms with E-state index in [0.29, 0.717) is 82.7 Å². The monoisotopic (exact) mass is 557 g/mol. The Labute approximate surface area is 221 Å². The summed E-state index contributed by atoms with van der Waals surface area (Å²) in [6.45, 7) is 5.65. The van der Waals surface area contributed by atoms with Gasteiger partial charge in [0, 0.05) is 36.9 Å². The van der Waals surface area contributed by atoms with Gasteiger partial charge in [0.2, 0.25) is 10.0 Å². The third-order valence-corrected chi connectivity index (χ3v) is 10.8. The van der Waals surface area contributed by atoms with Crippen molar-refractivity contribution in [2.24, 2.45) is 29.4 Å².